The van der Waals surface area contributed by atoms with E-state index in [1.54, 1.807) is 11.3 Å². The van der Waals surface area contributed by atoms with Crippen LogP contribution in [0.2, 0.25) is 0 Å². The summed E-state index contributed by atoms with van der Waals surface area (Å²) in [6.45, 7) is 7.41. The molecule has 102 valence electrons. The molecule has 3 heteroatoms. The monoisotopic (exact) mass is 282 g/mol. The first-order valence-electron chi connectivity index (χ1n) is 6.77. The summed E-state index contributed by atoms with van der Waals surface area (Å²) in [7, 11) is 0. The Bertz CT molecular complexity index is 700. The smallest absolute Gasteiger partial charge is 0.150 e. The van der Waals surface area contributed by atoms with Gasteiger partial charge in [0.25, 0.3) is 0 Å². The van der Waals surface area contributed by atoms with Gasteiger partial charge in [0.1, 0.15) is 5.82 Å². The summed E-state index contributed by atoms with van der Waals surface area (Å²) < 4.78 is 2.23. The molecule has 0 aliphatic carbocycles. The summed E-state index contributed by atoms with van der Waals surface area (Å²) in [6.07, 6.45) is 3.95. The fraction of sp³-hybridized carbons (Fsp3) is 0.235. The van der Waals surface area contributed by atoms with Gasteiger partial charge in [0.2, 0.25) is 0 Å². The molecule has 0 saturated heterocycles. The molecule has 0 amide bonds. The third kappa shape index (κ3) is 2.41. The predicted octanol–water partition coefficient (Wildman–Crippen LogP) is 4.59. The van der Waals surface area contributed by atoms with Crippen molar-refractivity contribution >= 4 is 11.3 Å². The Morgan fingerprint density at radius 3 is 2.55 bits per heavy atom. The van der Waals surface area contributed by atoms with Gasteiger partial charge in [0.05, 0.1) is 4.88 Å². The molecule has 0 saturated carbocycles. The lowest BCUT2D eigenvalue weighted by molar-refractivity contribution is 0.797. The van der Waals surface area contributed by atoms with Crippen LogP contribution in [0.15, 0.2) is 42.0 Å². The highest BCUT2D eigenvalue weighted by Gasteiger charge is 2.10. The van der Waals surface area contributed by atoms with Gasteiger partial charge in [-0.2, -0.15) is 0 Å². The van der Waals surface area contributed by atoms with Crippen LogP contribution in [0.3, 0.4) is 0 Å². The molecule has 0 radical (unpaired) electrons. The first-order valence-corrected chi connectivity index (χ1v) is 7.65. The topological polar surface area (TPSA) is 17.8 Å². The Kier molecular flexibility index (Phi) is 3.45. The zero-order chi connectivity index (χ0) is 14.1. The molecule has 0 aliphatic heterocycles. The summed E-state index contributed by atoms with van der Waals surface area (Å²) in [4.78, 5) is 5.72. The van der Waals surface area contributed by atoms with Crippen molar-refractivity contribution in [3.05, 3.63) is 64.3 Å². The van der Waals surface area contributed by atoms with Gasteiger partial charge in [-0.25, -0.2) is 4.98 Å². The minimum Gasteiger partial charge on any atom is -0.326 e. The number of rotatable bonds is 3. The highest BCUT2D eigenvalue weighted by Crippen LogP contribution is 2.25. The Morgan fingerprint density at radius 1 is 1.15 bits per heavy atom. The van der Waals surface area contributed by atoms with Crippen LogP contribution in [-0.2, 0) is 6.54 Å². The van der Waals surface area contributed by atoms with Crippen LogP contribution in [0.4, 0.5) is 0 Å². The first-order chi connectivity index (χ1) is 9.65. The second-order valence-corrected chi connectivity index (χ2v) is 6.18. The highest BCUT2D eigenvalue weighted by molar-refractivity contribution is 7.13. The third-order valence-electron chi connectivity index (χ3n) is 3.63. The Morgan fingerprint density at radius 2 is 1.90 bits per heavy atom. The Hall–Kier alpha value is -1.87. The number of aromatic nitrogens is 2. The molecule has 3 aromatic rings. The number of hydrogen-bond acceptors (Lipinski definition) is 2. The zero-order valence-corrected chi connectivity index (χ0v) is 12.9. The van der Waals surface area contributed by atoms with E-state index >= 15 is 0 Å². The van der Waals surface area contributed by atoms with Crippen LogP contribution in [0.25, 0.3) is 10.7 Å². The Balaban J connectivity index is 1.99. The molecule has 2 heterocycles. The number of nitrogens with zero attached hydrogens (tertiary/aromatic N) is 2. The van der Waals surface area contributed by atoms with E-state index in [1.165, 1.54) is 27.1 Å². The molecule has 2 aromatic heterocycles. The first kappa shape index (κ1) is 13.1. The van der Waals surface area contributed by atoms with Crippen molar-refractivity contribution in [1.29, 1.82) is 0 Å². The molecule has 0 atom stereocenters. The van der Waals surface area contributed by atoms with Crippen molar-refractivity contribution in [2.45, 2.75) is 27.3 Å². The molecule has 2 nitrogen and oxygen atoms in total. The van der Waals surface area contributed by atoms with Crippen LogP contribution in [0.5, 0.6) is 0 Å². The van der Waals surface area contributed by atoms with E-state index in [9.17, 15) is 0 Å². The van der Waals surface area contributed by atoms with Gasteiger partial charge in [-0.3, -0.25) is 0 Å². The van der Waals surface area contributed by atoms with E-state index in [-0.39, 0.29) is 0 Å². The number of benzene rings is 1. The fourth-order valence-corrected chi connectivity index (χ4v) is 3.43. The van der Waals surface area contributed by atoms with Crippen molar-refractivity contribution < 1.29 is 0 Å². The summed E-state index contributed by atoms with van der Waals surface area (Å²) in [6, 6.07) is 8.70. The number of imidazole rings is 1. The van der Waals surface area contributed by atoms with Crippen molar-refractivity contribution in [3.8, 4) is 10.7 Å². The number of hydrogen-bond donors (Lipinski definition) is 0. The second kappa shape index (κ2) is 5.25. The molecule has 0 bridgehead atoms. The van der Waals surface area contributed by atoms with Crippen molar-refractivity contribution in [2.24, 2.45) is 0 Å². The highest BCUT2D eigenvalue weighted by atomic mass is 32.1. The van der Waals surface area contributed by atoms with Gasteiger partial charge in [-0.15, -0.1) is 11.3 Å². The molecule has 0 N–H and O–H groups in total. The molecule has 0 unspecified atom stereocenters. The van der Waals surface area contributed by atoms with E-state index in [1.807, 2.05) is 6.20 Å². The minimum absolute atomic E-state index is 0.880. The third-order valence-corrected chi connectivity index (χ3v) is 4.49. The zero-order valence-electron chi connectivity index (χ0n) is 12.1. The van der Waals surface area contributed by atoms with Crippen LogP contribution in [0, 0.1) is 20.8 Å². The maximum Gasteiger partial charge on any atom is 0.150 e. The maximum atomic E-state index is 4.51. The van der Waals surface area contributed by atoms with Crippen molar-refractivity contribution in [1.82, 2.24) is 9.55 Å². The minimum atomic E-state index is 0.880. The number of thiophene rings is 1. The SMILES string of the molecule is Cc1cc(C)c(Cn2ccnc2-c2cccs2)c(C)c1. The average Bonchev–Trinajstić information content (AvgIpc) is 3.04. The molecule has 20 heavy (non-hydrogen) atoms. The van der Waals surface area contributed by atoms with Crippen LogP contribution in [-0.4, -0.2) is 9.55 Å². The molecular formula is C17H18N2S. The van der Waals surface area contributed by atoms with Gasteiger partial charge in [-0.1, -0.05) is 23.8 Å². The van der Waals surface area contributed by atoms with Gasteiger partial charge in [-0.05, 0) is 48.9 Å². The maximum absolute atomic E-state index is 4.51. The van der Waals surface area contributed by atoms with E-state index in [4.69, 9.17) is 0 Å². The summed E-state index contributed by atoms with van der Waals surface area (Å²) in [5.41, 5.74) is 5.43. The standard InChI is InChI=1S/C17H18N2S/c1-12-9-13(2)15(14(3)10-12)11-19-7-6-18-17(19)16-5-4-8-20-16/h4-10H,11H2,1-3H3. The van der Waals surface area contributed by atoms with Gasteiger partial charge in [0, 0.05) is 18.9 Å². The molecule has 0 fully saturated rings. The van der Waals surface area contributed by atoms with Crippen LogP contribution in [0.1, 0.15) is 22.3 Å². The normalized spacial score (nSPS) is 10.9. The predicted molar refractivity (Wildman–Crippen MR) is 85.3 cm³/mol. The van der Waals surface area contributed by atoms with Gasteiger partial charge >= 0.3 is 0 Å². The fourth-order valence-electron chi connectivity index (χ4n) is 2.70. The molecule has 0 spiro atoms. The summed E-state index contributed by atoms with van der Waals surface area (Å²) >= 11 is 1.73. The van der Waals surface area contributed by atoms with E-state index in [0.29, 0.717) is 0 Å². The van der Waals surface area contributed by atoms with E-state index in [2.05, 4.69) is 66.2 Å². The summed E-state index contributed by atoms with van der Waals surface area (Å²) in [5, 5.41) is 2.09. The largest absolute Gasteiger partial charge is 0.326 e. The summed E-state index contributed by atoms with van der Waals surface area (Å²) in [5.74, 6) is 1.05. The van der Waals surface area contributed by atoms with E-state index in [0.717, 1.165) is 12.4 Å². The van der Waals surface area contributed by atoms with Crippen LogP contribution >= 0.6 is 11.3 Å². The molecule has 3 rings (SSSR count). The number of aryl methyl sites for hydroxylation is 3. The quantitative estimate of drug-likeness (QED) is 0.687. The average molecular weight is 282 g/mol. The molecule has 0 aliphatic rings. The molecule has 1 aromatic carbocycles. The van der Waals surface area contributed by atoms with E-state index < -0.39 is 0 Å². The van der Waals surface area contributed by atoms with Gasteiger partial charge < -0.3 is 4.57 Å². The lowest BCUT2D eigenvalue weighted by Gasteiger charge is -2.13. The second-order valence-electron chi connectivity index (χ2n) is 5.23. The van der Waals surface area contributed by atoms with Crippen molar-refractivity contribution in [3.63, 3.8) is 0 Å². The lowest BCUT2D eigenvalue weighted by atomic mass is 10.00. The Labute approximate surface area is 123 Å². The lowest BCUT2D eigenvalue weighted by Crippen LogP contribution is -2.04. The van der Waals surface area contributed by atoms with Crippen LogP contribution < -0.4 is 0 Å². The van der Waals surface area contributed by atoms with Gasteiger partial charge in [0.15, 0.2) is 0 Å². The van der Waals surface area contributed by atoms with Crippen molar-refractivity contribution in [2.75, 3.05) is 0 Å². The molecular weight excluding hydrogens is 264 g/mol.